The second-order valence-corrected chi connectivity index (χ2v) is 5.42. The summed E-state index contributed by atoms with van der Waals surface area (Å²) in [6, 6.07) is 7.39. The first-order chi connectivity index (χ1) is 10.1. The first-order valence-corrected chi connectivity index (χ1v) is 7.11. The van der Waals surface area contributed by atoms with E-state index in [-0.39, 0.29) is 17.9 Å². The fourth-order valence-corrected chi connectivity index (χ4v) is 2.25. The fourth-order valence-electron chi connectivity index (χ4n) is 2.25. The predicted molar refractivity (Wildman–Crippen MR) is 81.4 cm³/mol. The average Bonchev–Trinajstić information content (AvgIpc) is 2.98. The molecule has 1 amide bonds. The average molecular weight is 287 g/mol. The van der Waals surface area contributed by atoms with Gasteiger partial charge in [-0.1, -0.05) is 13.0 Å². The second-order valence-electron chi connectivity index (χ2n) is 5.42. The molecule has 2 rings (SSSR count). The fraction of sp³-hybridized carbons (Fsp3) is 0.375. The van der Waals surface area contributed by atoms with Crippen molar-refractivity contribution in [2.45, 2.75) is 26.4 Å². The van der Waals surface area contributed by atoms with Crippen LogP contribution >= 0.6 is 0 Å². The van der Waals surface area contributed by atoms with Crippen LogP contribution in [0.1, 0.15) is 30.6 Å². The van der Waals surface area contributed by atoms with E-state index in [1.165, 1.54) is 0 Å². The van der Waals surface area contributed by atoms with Gasteiger partial charge in [0.15, 0.2) is 0 Å². The van der Waals surface area contributed by atoms with Crippen LogP contribution in [-0.4, -0.2) is 33.2 Å². The third-order valence-electron chi connectivity index (χ3n) is 3.27. The van der Waals surface area contributed by atoms with Gasteiger partial charge in [-0.2, -0.15) is 0 Å². The van der Waals surface area contributed by atoms with E-state index in [0.29, 0.717) is 18.5 Å². The number of nitrogens with one attached hydrogen (secondary N) is 1. The van der Waals surface area contributed by atoms with Crippen molar-refractivity contribution in [1.82, 2.24) is 14.9 Å². The maximum atomic E-state index is 12.2. The van der Waals surface area contributed by atoms with Crippen LogP contribution in [0.3, 0.4) is 0 Å². The van der Waals surface area contributed by atoms with Crippen molar-refractivity contribution in [3.05, 3.63) is 48.5 Å². The quantitative estimate of drug-likeness (QED) is 0.854. The Morgan fingerprint density at radius 1 is 1.43 bits per heavy atom. The summed E-state index contributed by atoms with van der Waals surface area (Å²) in [7, 11) is 0. The van der Waals surface area contributed by atoms with Crippen LogP contribution in [0.25, 0.3) is 5.69 Å². The molecule has 2 unspecified atom stereocenters. The van der Waals surface area contributed by atoms with Gasteiger partial charge >= 0.3 is 0 Å². The number of rotatable bonds is 6. The maximum Gasteiger partial charge on any atom is 0.251 e. The molecule has 0 fully saturated rings. The number of carbonyl (C=O) groups excluding carboxylic acids is 1. The Balaban J connectivity index is 1.98. The number of carbonyl (C=O) groups is 1. The number of aliphatic hydroxyl groups excluding tert-OH is 1. The van der Waals surface area contributed by atoms with Gasteiger partial charge < -0.3 is 15.0 Å². The Bertz CT molecular complexity index is 579. The second kappa shape index (κ2) is 7.04. The van der Waals surface area contributed by atoms with Crippen LogP contribution < -0.4 is 5.32 Å². The Labute approximate surface area is 124 Å². The third-order valence-corrected chi connectivity index (χ3v) is 3.27. The first-order valence-electron chi connectivity index (χ1n) is 7.11. The highest BCUT2D eigenvalue weighted by Gasteiger charge is 2.10. The van der Waals surface area contributed by atoms with E-state index < -0.39 is 0 Å². The van der Waals surface area contributed by atoms with Gasteiger partial charge in [0.2, 0.25) is 0 Å². The summed E-state index contributed by atoms with van der Waals surface area (Å²) >= 11 is 0. The van der Waals surface area contributed by atoms with Gasteiger partial charge in [0.05, 0.1) is 12.4 Å². The van der Waals surface area contributed by atoms with Gasteiger partial charge in [0.25, 0.3) is 5.91 Å². The summed E-state index contributed by atoms with van der Waals surface area (Å²) in [5, 5.41) is 12.2. The Morgan fingerprint density at radius 2 is 2.24 bits per heavy atom. The van der Waals surface area contributed by atoms with Crippen molar-refractivity contribution in [1.29, 1.82) is 0 Å². The smallest absolute Gasteiger partial charge is 0.251 e. The molecule has 0 spiro atoms. The molecule has 2 N–H and O–H groups in total. The molecule has 0 aliphatic carbocycles. The van der Waals surface area contributed by atoms with Crippen LogP contribution in [-0.2, 0) is 0 Å². The molecule has 112 valence electrons. The first kappa shape index (κ1) is 15.3. The summed E-state index contributed by atoms with van der Waals surface area (Å²) in [6.07, 6.45) is 5.56. The van der Waals surface area contributed by atoms with E-state index >= 15 is 0 Å². The lowest BCUT2D eigenvalue weighted by atomic mass is 10.0. The SMILES string of the molecule is CC(O)CC(C)CNC(=O)c1cccc(-n2ccnc2)c1. The van der Waals surface area contributed by atoms with E-state index in [2.05, 4.69) is 10.3 Å². The molecule has 0 saturated heterocycles. The highest BCUT2D eigenvalue weighted by atomic mass is 16.3. The Kier molecular flexibility index (Phi) is 5.11. The zero-order valence-electron chi connectivity index (χ0n) is 12.4. The molecule has 0 aliphatic heterocycles. The number of aliphatic hydroxyl groups is 1. The van der Waals surface area contributed by atoms with Crippen molar-refractivity contribution in [2.24, 2.45) is 5.92 Å². The minimum absolute atomic E-state index is 0.102. The number of imidazole rings is 1. The molecule has 21 heavy (non-hydrogen) atoms. The predicted octanol–water partition coefficient (Wildman–Crippen LogP) is 2.01. The van der Waals surface area contributed by atoms with Crippen molar-refractivity contribution >= 4 is 5.91 Å². The lowest BCUT2D eigenvalue weighted by Crippen LogP contribution is -2.29. The van der Waals surface area contributed by atoms with Crippen LogP contribution in [0.15, 0.2) is 43.0 Å². The van der Waals surface area contributed by atoms with Crippen LogP contribution in [0.4, 0.5) is 0 Å². The van der Waals surface area contributed by atoms with Crippen LogP contribution in [0.2, 0.25) is 0 Å². The van der Waals surface area contributed by atoms with E-state index in [0.717, 1.165) is 5.69 Å². The van der Waals surface area contributed by atoms with Gasteiger partial charge in [-0.25, -0.2) is 4.98 Å². The lowest BCUT2D eigenvalue weighted by Gasteiger charge is -2.14. The molecule has 1 aromatic carbocycles. The minimum atomic E-state index is -0.346. The van der Waals surface area contributed by atoms with E-state index in [9.17, 15) is 9.90 Å². The van der Waals surface area contributed by atoms with Crippen molar-refractivity contribution in [3.63, 3.8) is 0 Å². The van der Waals surface area contributed by atoms with Gasteiger partial charge in [0.1, 0.15) is 0 Å². The summed E-state index contributed by atoms with van der Waals surface area (Å²) in [4.78, 5) is 16.2. The summed E-state index contributed by atoms with van der Waals surface area (Å²) in [5.74, 6) is 0.139. The molecule has 2 atom stereocenters. The lowest BCUT2D eigenvalue weighted by molar-refractivity contribution is 0.0939. The van der Waals surface area contributed by atoms with Crippen LogP contribution in [0, 0.1) is 5.92 Å². The molecule has 5 nitrogen and oxygen atoms in total. The molecule has 1 aromatic heterocycles. The molecular weight excluding hydrogens is 266 g/mol. The number of nitrogens with zero attached hydrogens (tertiary/aromatic N) is 2. The summed E-state index contributed by atoms with van der Waals surface area (Å²) < 4.78 is 1.85. The van der Waals surface area contributed by atoms with Gasteiger partial charge in [-0.15, -0.1) is 0 Å². The van der Waals surface area contributed by atoms with E-state index in [1.807, 2.05) is 35.9 Å². The van der Waals surface area contributed by atoms with Crippen molar-refractivity contribution < 1.29 is 9.90 Å². The Morgan fingerprint density at radius 3 is 2.90 bits per heavy atom. The maximum absolute atomic E-state index is 12.2. The summed E-state index contributed by atoms with van der Waals surface area (Å²) in [5.41, 5.74) is 1.52. The number of hydrogen-bond acceptors (Lipinski definition) is 3. The molecule has 0 radical (unpaired) electrons. The number of benzene rings is 1. The minimum Gasteiger partial charge on any atom is -0.393 e. The molecule has 2 aromatic rings. The molecule has 0 saturated carbocycles. The number of hydrogen-bond donors (Lipinski definition) is 2. The number of amides is 1. The zero-order chi connectivity index (χ0) is 15.2. The molecule has 0 aliphatic rings. The highest BCUT2D eigenvalue weighted by molar-refractivity contribution is 5.94. The van der Waals surface area contributed by atoms with E-state index in [1.54, 1.807) is 25.5 Å². The molecule has 5 heteroatoms. The topological polar surface area (TPSA) is 67.2 Å². The monoisotopic (exact) mass is 287 g/mol. The van der Waals surface area contributed by atoms with Gasteiger partial charge in [0, 0.05) is 30.2 Å². The molecular formula is C16H21N3O2. The largest absolute Gasteiger partial charge is 0.393 e. The normalized spacial score (nSPS) is 13.7. The Hall–Kier alpha value is -2.14. The van der Waals surface area contributed by atoms with Gasteiger partial charge in [-0.05, 0) is 37.5 Å². The molecule has 1 heterocycles. The number of aromatic nitrogens is 2. The van der Waals surface area contributed by atoms with Crippen molar-refractivity contribution in [3.8, 4) is 5.69 Å². The van der Waals surface area contributed by atoms with Gasteiger partial charge in [-0.3, -0.25) is 4.79 Å². The van der Waals surface area contributed by atoms with E-state index in [4.69, 9.17) is 0 Å². The summed E-state index contributed by atoms with van der Waals surface area (Å²) in [6.45, 7) is 4.32. The standard InChI is InChI=1S/C16H21N3O2/c1-12(8-13(2)20)10-18-16(21)14-4-3-5-15(9-14)19-7-6-17-11-19/h3-7,9,11-13,20H,8,10H2,1-2H3,(H,18,21). The van der Waals surface area contributed by atoms with Crippen LogP contribution in [0.5, 0.6) is 0 Å². The highest BCUT2D eigenvalue weighted by Crippen LogP contribution is 2.11. The zero-order valence-corrected chi connectivity index (χ0v) is 12.4. The van der Waals surface area contributed by atoms with Crippen molar-refractivity contribution in [2.75, 3.05) is 6.54 Å². The third kappa shape index (κ3) is 4.43. The molecule has 0 bridgehead atoms.